The van der Waals surface area contributed by atoms with Crippen LogP contribution in [0.4, 0.5) is 31.4 Å². The minimum absolute atomic E-state index is 0.000168. The standard InChI is InChI=1S/C72H95Cl2N9O17S2/c1-10-52-62(89)63(90)64(91)69(98-52)99-53-29-49-59(57-39(4)36-101-65(53)57)46(31-73)33-82(49)55(87)17-13-18-56(88)83-34-47(32-74)60-50(83)30-54(66-58(60)40(5)37-102-66)100-72(96)81(9)26-25-80(8)71(95)97-35-43-19-21-48(22-20-43)78-67(92)45(16-14-24-77-70(75)94)28-51(86)61(38(2)3)79-68(93)44(27-41(6)84)15-11-12-23-76-42(7)85/h19-22,29-30,36-38,44-47,52,61-64,69,89-91H,10-18,23-28,31-35H2,1-9H3,(H,76,85)(H,78,92)(H,79,93)(H3,75,77,94)/t44-,45-,46-,47-,52-,61+,62+,63+,64-,69+/m1/s1. The van der Waals surface area contributed by atoms with E-state index in [1.165, 1.54) is 60.4 Å². The first-order chi connectivity index (χ1) is 48.5. The number of ether oxygens (including phenoxy) is 4. The second kappa shape index (κ2) is 36.6. The van der Waals surface area contributed by atoms with Gasteiger partial charge in [-0.05, 0) is 116 Å². The number of carbonyl (C=O) groups excluding carboxylic acids is 10. The molecule has 8 rings (SSSR count). The third kappa shape index (κ3) is 19.8. The predicted octanol–water partition coefficient (Wildman–Crippen LogP) is 9.24. The molecule has 1 fully saturated rings. The Morgan fingerprint density at radius 2 is 1.25 bits per heavy atom. The van der Waals surface area contributed by atoms with Gasteiger partial charge < -0.3 is 85.7 Å². The van der Waals surface area contributed by atoms with Crippen LogP contribution in [0.2, 0.25) is 0 Å². The molecule has 1 saturated heterocycles. The summed E-state index contributed by atoms with van der Waals surface area (Å²) < 4.78 is 25.4. The summed E-state index contributed by atoms with van der Waals surface area (Å²) in [6.07, 6.45) is -5.59. The van der Waals surface area contributed by atoms with Crippen molar-refractivity contribution in [1.29, 1.82) is 0 Å². The molecule has 30 heteroatoms. The number of alkyl halides is 2. The minimum Gasteiger partial charge on any atom is -0.460 e. The van der Waals surface area contributed by atoms with E-state index in [1.807, 2.05) is 24.6 Å². The number of thiophene rings is 2. The fourth-order valence-corrected chi connectivity index (χ4v) is 15.8. The lowest BCUT2D eigenvalue weighted by atomic mass is 9.88. The summed E-state index contributed by atoms with van der Waals surface area (Å²) in [4.78, 5) is 138. The first kappa shape index (κ1) is 80.0. The number of fused-ring (bicyclic) bond motifs is 6. The zero-order valence-corrected chi connectivity index (χ0v) is 62.3. The van der Waals surface area contributed by atoms with Crippen LogP contribution in [0.1, 0.15) is 145 Å². The number of hydrogen-bond acceptors (Lipinski definition) is 19. The number of aliphatic hydroxyl groups is 3. The predicted molar refractivity (Wildman–Crippen MR) is 391 cm³/mol. The van der Waals surface area contributed by atoms with Crippen LogP contribution in [0.15, 0.2) is 47.2 Å². The number of aryl methyl sites for hydroxylation is 2. The highest BCUT2D eigenvalue weighted by atomic mass is 35.5. The molecule has 0 unspecified atom stereocenters. The van der Waals surface area contributed by atoms with Crippen LogP contribution in [0.5, 0.6) is 11.5 Å². The summed E-state index contributed by atoms with van der Waals surface area (Å²) in [6.45, 7) is 13.1. The molecular formula is C72H95Cl2N9O17S2. The lowest BCUT2D eigenvalue weighted by molar-refractivity contribution is -0.272. The highest BCUT2D eigenvalue weighted by Gasteiger charge is 2.46. The molecule has 3 aliphatic heterocycles. The van der Waals surface area contributed by atoms with Gasteiger partial charge in [0.05, 0.1) is 32.9 Å². The molecule has 0 radical (unpaired) electrons. The number of nitrogens with one attached hydrogen (secondary N) is 4. The molecule has 0 bridgehead atoms. The zero-order chi connectivity index (χ0) is 74.4. The number of anilines is 3. The molecular weight excluding hydrogens is 1400 g/mol. The number of likely N-dealkylation sites (N-methyl/N-ethyl adjacent to an activating group) is 2. The number of urea groups is 1. The molecule has 9 amide bonds. The second-order valence-electron chi connectivity index (χ2n) is 27.0. The molecule has 3 aromatic carbocycles. The van der Waals surface area contributed by atoms with Gasteiger partial charge in [-0.15, -0.1) is 45.9 Å². The van der Waals surface area contributed by atoms with E-state index in [4.69, 9.17) is 47.9 Å². The normalized spacial score (nSPS) is 19.3. The van der Waals surface area contributed by atoms with Crippen molar-refractivity contribution in [3.63, 3.8) is 0 Å². The van der Waals surface area contributed by atoms with Gasteiger partial charge in [0.2, 0.25) is 35.8 Å². The van der Waals surface area contributed by atoms with Crippen LogP contribution in [-0.4, -0.2) is 186 Å². The van der Waals surface area contributed by atoms with Gasteiger partial charge in [-0.1, -0.05) is 39.3 Å². The van der Waals surface area contributed by atoms with E-state index < -0.39 is 78.6 Å². The van der Waals surface area contributed by atoms with Crippen molar-refractivity contribution in [2.75, 3.05) is 80.2 Å². The molecule has 5 heterocycles. The van der Waals surface area contributed by atoms with E-state index in [2.05, 4.69) is 21.3 Å². The number of benzene rings is 3. The molecule has 9 N–H and O–H groups in total. The van der Waals surface area contributed by atoms with Crippen molar-refractivity contribution in [2.24, 2.45) is 23.5 Å². The van der Waals surface area contributed by atoms with Crippen LogP contribution < -0.4 is 46.3 Å². The van der Waals surface area contributed by atoms with Crippen molar-refractivity contribution in [2.45, 2.75) is 174 Å². The summed E-state index contributed by atoms with van der Waals surface area (Å²) in [5.41, 5.74) is 10.9. The van der Waals surface area contributed by atoms with Gasteiger partial charge in [0.1, 0.15) is 36.5 Å². The summed E-state index contributed by atoms with van der Waals surface area (Å²) in [5.74, 6) is -3.61. The van der Waals surface area contributed by atoms with Crippen LogP contribution in [0.3, 0.4) is 0 Å². The maximum absolute atomic E-state index is 14.4. The Bertz CT molecular complexity index is 3870. The molecule has 3 aliphatic rings. The summed E-state index contributed by atoms with van der Waals surface area (Å²) in [6, 6.07) is 8.23. The van der Waals surface area contributed by atoms with E-state index in [1.54, 1.807) is 67.0 Å². The number of unbranched alkanes of at least 4 members (excludes halogenated alkanes) is 1. The van der Waals surface area contributed by atoms with Crippen LogP contribution in [0.25, 0.3) is 20.2 Å². The van der Waals surface area contributed by atoms with Crippen LogP contribution >= 0.6 is 45.9 Å². The molecule has 2 aromatic heterocycles. The molecule has 5 aromatic rings. The van der Waals surface area contributed by atoms with E-state index in [-0.39, 0.29) is 142 Å². The van der Waals surface area contributed by atoms with Gasteiger partial charge in [-0.3, -0.25) is 28.8 Å². The SMILES string of the molecule is CC[C@H]1O[C@@H](Oc2cc3c(c4c(C)csc24)[C@H](CCl)CN3C(=O)CCCC(=O)N2C[C@@H](CCl)c3c2cc(OC(=O)N(C)CCN(C)C(=O)OCc2ccc(NC(=O)[C@H](CCCNC(N)=O)CC(=O)[C@@H](NC(=O)[C@H](CCCCNC(C)=O)CC(C)=O)C(C)C)cc2)c2scc(C)c32)[C@H](O)[C@@H](O)[C@H]1O. The summed E-state index contributed by atoms with van der Waals surface area (Å²) in [7, 11) is 3.04. The molecule has 26 nitrogen and oxygen atoms in total. The molecule has 102 heavy (non-hydrogen) atoms. The monoisotopic (exact) mass is 1490 g/mol. The molecule has 0 saturated carbocycles. The van der Waals surface area contributed by atoms with Crippen molar-refractivity contribution in [3.8, 4) is 11.5 Å². The number of carbonyl (C=O) groups is 10. The zero-order valence-electron chi connectivity index (χ0n) is 59.1. The van der Waals surface area contributed by atoms with E-state index in [9.17, 15) is 63.3 Å². The van der Waals surface area contributed by atoms with Gasteiger partial charge >= 0.3 is 18.2 Å². The highest BCUT2D eigenvalue weighted by Crippen LogP contribution is 2.51. The number of hydrogen-bond donors (Lipinski definition) is 8. The van der Waals surface area contributed by atoms with Gasteiger partial charge in [0.15, 0.2) is 11.5 Å². The highest BCUT2D eigenvalue weighted by molar-refractivity contribution is 7.18. The first-order valence-corrected chi connectivity index (χ1v) is 37.4. The summed E-state index contributed by atoms with van der Waals surface area (Å²) >= 11 is 16.1. The number of primary amides is 1. The third-order valence-electron chi connectivity index (χ3n) is 18.9. The second-order valence-corrected chi connectivity index (χ2v) is 29.4. The van der Waals surface area contributed by atoms with Gasteiger partial charge in [-0.25, -0.2) is 14.4 Å². The topological polar surface area (TPSA) is 355 Å². The number of nitrogens with two attached hydrogens (primary N) is 1. The number of aliphatic hydroxyl groups excluding tert-OH is 3. The van der Waals surface area contributed by atoms with Gasteiger partial charge in [-0.2, -0.15) is 0 Å². The maximum Gasteiger partial charge on any atom is 0.415 e. The lowest BCUT2D eigenvalue weighted by Crippen LogP contribution is -2.58. The number of halogens is 2. The first-order valence-electron chi connectivity index (χ1n) is 34.5. The number of nitrogens with zero attached hydrogens (tertiary/aromatic N) is 4. The fraction of sp³-hybridized carbons (Fsp3) is 0.556. The Hall–Kier alpha value is -7.70. The van der Waals surface area contributed by atoms with Crippen LogP contribution in [0, 0.1) is 31.6 Å². The Labute approximate surface area is 611 Å². The average Bonchev–Trinajstić information content (AvgIpc) is 1.58. The number of amides is 9. The number of ketones is 2. The van der Waals surface area contributed by atoms with Crippen molar-refractivity contribution < 1.29 is 82.2 Å². The third-order valence-corrected chi connectivity index (χ3v) is 21.9. The van der Waals surface area contributed by atoms with Crippen molar-refractivity contribution >= 4 is 142 Å². The Balaban J connectivity index is 0.842. The van der Waals surface area contributed by atoms with Crippen molar-refractivity contribution in [3.05, 3.63) is 75.0 Å². The fourth-order valence-electron chi connectivity index (χ4n) is 13.3. The van der Waals surface area contributed by atoms with Gasteiger partial charge in [0.25, 0.3) is 0 Å². The molecule has 10 atom stereocenters. The number of Topliss-reactive ketones (excluding diaryl/α,β-unsaturated/α-hetero) is 2. The van der Waals surface area contributed by atoms with E-state index in [0.717, 1.165) is 37.7 Å². The quantitative estimate of drug-likeness (QED) is 0.0140. The molecule has 0 spiro atoms. The average molecular weight is 1490 g/mol. The summed E-state index contributed by atoms with van der Waals surface area (Å²) in [5, 5.41) is 48.7. The number of rotatable bonds is 34. The van der Waals surface area contributed by atoms with E-state index >= 15 is 0 Å². The largest absolute Gasteiger partial charge is 0.460 e. The van der Waals surface area contributed by atoms with Crippen molar-refractivity contribution in [1.82, 2.24) is 25.8 Å². The van der Waals surface area contributed by atoms with Crippen LogP contribution in [-0.2, 0) is 49.6 Å². The minimum atomic E-state index is -1.56. The Morgan fingerprint density at radius 1 is 0.706 bits per heavy atom. The molecule has 556 valence electrons. The molecule has 0 aliphatic carbocycles. The lowest BCUT2D eigenvalue weighted by Gasteiger charge is -2.40. The Morgan fingerprint density at radius 3 is 1.80 bits per heavy atom. The maximum atomic E-state index is 14.4. The smallest absolute Gasteiger partial charge is 0.415 e. The Kier molecular flexibility index (Phi) is 28.7. The van der Waals surface area contributed by atoms with Gasteiger partial charge in [0, 0.05) is 150 Å². The van der Waals surface area contributed by atoms with E-state index in [0.29, 0.717) is 71.7 Å².